The minimum atomic E-state index is -0.847. The number of ether oxygens (including phenoxy) is 1. The molecule has 16 heavy (non-hydrogen) atoms. The zero-order chi connectivity index (χ0) is 11.5. The van der Waals surface area contributed by atoms with Gasteiger partial charge in [-0.2, -0.15) is 0 Å². The molecule has 0 bridgehead atoms. The number of primary amides is 1. The first-order chi connectivity index (χ1) is 7.70. The van der Waals surface area contributed by atoms with E-state index in [9.17, 15) is 9.59 Å². The van der Waals surface area contributed by atoms with Crippen LogP contribution in [0, 0.1) is 0 Å². The molecule has 0 saturated heterocycles. The molecule has 1 amide bonds. The molecule has 1 aliphatic rings. The predicted molar refractivity (Wildman–Crippen MR) is 56.0 cm³/mol. The molecule has 1 aromatic rings. The molecule has 2 rings (SSSR count). The molecule has 84 valence electrons. The second kappa shape index (κ2) is 4.30. The number of carbonyl (C=O) groups is 2. The summed E-state index contributed by atoms with van der Waals surface area (Å²) in [6, 6.07) is 3.62. The summed E-state index contributed by atoms with van der Waals surface area (Å²) in [5.74, 6) is 0.471. The van der Waals surface area contributed by atoms with Crippen molar-refractivity contribution in [2.75, 3.05) is 0 Å². The van der Waals surface area contributed by atoms with Gasteiger partial charge in [0.15, 0.2) is 6.29 Å². The van der Waals surface area contributed by atoms with Crippen LogP contribution in [0.1, 0.15) is 40.5 Å². The van der Waals surface area contributed by atoms with Crippen LogP contribution in [0.3, 0.4) is 0 Å². The number of pyridine rings is 1. The van der Waals surface area contributed by atoms with Crippen molar-refractivity contribution in [1.82, 2.24) is 4.98 Å². The van der Waals surface area contributed by atoms with Gasteiger partial charge in [-0.3, -0.25) is 4.79 Å². The Morgan fingerprint density at radius 1 is 1.56 bits per heavy atom. The molecule has 0 aliphatic heterocycles. The number of rotatable bonds is 4. The highest BCUT2D eigenvalue weighted by molar-refractivity contribution is 5.75. The van der Waals surface area contributed by atoms with Crippen molar-refractivity contribution in [3.63, 3.8) is 0 Å². The van der Waals surface area contributed by atoms with Crippen molar-refractivity contribution in [3.05, 3.63) is 29.1 Å². The van der Waals surface area contributed by atoms with Gasteiger partial charge in [-0.15, -0.1) is 0 Å². The topological polar surface area (TPSA) is 82.3 Å². The quantitative estimate of drug-likeness (QED) is 0.777. The van der Waals surface area contributed by atoms with Crippen LogP contribution < -0.4 is 5.73 Å². The number of nitrogens with two attached hydrogens (primary N) is 1. The van der Waals surface area contributed by atoms with Crippen LogP contribution in [0.25, 0.3) is 0 Å². The van der Waals surface area contributed by atoms with Crippen molar-refractivity contribution in [2.24, 2.45) is 5.73 Å². The van der Waals surface area contributed by atoms with E-state index >= 15 is 0 Å². The summed E-state index contributed by atoms with van der Waals surface area (Å²) in [7, 11) is 0. The fourth-order valence-electron chi connectivity index (χ4n) is 1.59. The van der Waals surface area contributed by atoms with Gasteiger partial charge in [0.2, 0.25) is 0 Å². The molecule has 2 N–H and O–H groups in total. The van der Waals surface area contributed by atoms with E-state index in [4.69, 9.17) is 5.73 Å². The van der Waals surface area contributed by atoms with E-state index in [1.807, 2.05) is 6.07 Å². The van der Waals surface area contributed by atoms with Gasteiger partial charge >= 0.3 is 6.09 Å². The fourth-order valence-corrected chi connectivity index (χ4v) is 1.59. The van der Waals surface area contributed by atoms with Crippen LogP contribution in [0.5, 0.6) is 0 Å². The Balaban J connectivity index is 2.15. The summed E-state index contributed by atoms with van der Waals surface area (Å²) in [6.45, 7) is 0.00111. The van der Waals surface area contributed by atoms with E-state index < -0.39 is 6.09 Å². The van der Waals surface area contributed by atoms with Crippen LogP contribution in [0.4, 0.5) is 4.79 Å². The van der Waals surface area contributed by atoms with Gasteiger partial charge in [0.1, 0.15) is 12.3 Å². The van der Waals surface area contributed by atoms with E-state index in [0.29, 0.717) is 17.3 Å². The third kappa shape index (κ3) is 2.36. The van der Waals surface area contributed by atoms with Crippen LogP contribution in [0.15, 0.2) is 12.1 Å². The molecule has 1 aliphatic carbocycles. The molecule has 1 fully saturated rings. The second-order valence-corrected chi connectivity index (χ2v) is 3.78. The SMILES string of the molecule is NC(=O)OCc1ccc(C2CC2)c(C=O)n1. The predicted octanol–water partition coefficient (Wildman–Crippen LogP) is 1.37. The van der Waals surface area contributed by atoms with Gasteiger partial charge in [-0.1, -0.05) is 6.07 Å². The molecular weight excluding hydrogens is 208 g/mol. The maximum Gasteiger partial charge on any atom is 0.404 e. The Labute approximate surface area is 92.6 Å². The normalized spacial score (nSPS) is 14.5. The summed E-state index contributed by atoms with van der Waals surface area (Å²) in [4.78, 5) is 25.4. The van der Waals surface area contributed by atoms with Crippen LogP contribution in [0.2, 0.25) is 0 Å². The molecule has 0 radical (unpaired) electrons. The minimum absolute atomic E-state index is 0.00111. The van der Waals surface area contributed by atoms with Gasteiger partial charge in [0, 0.05) is 0 Å². The lowest BCUT2D eigenvalue weighted by Crippen LogP contribution is -2.13. The highest BCUT2D eigenvalue weighted by atomic mass is 16.5. The Morgan fingerprint density at radius 2 is 2.31 bits per heavy atom. The molecule has 0 atom stereocenters. The molecular formula is C11H12N2O3. The molecule has 0 spiro atoms. The first-order valence-corrected chi connectivity index (χ1v) is 5.08. The lowest BCUT2D eigenvalue weighted by atomic mass is 10.1. The van der Waals surface area contributed by atoms with E-state index in [1.54, 1.807) is 6.07 Å². The van der Waals surface area contributed by atoms with E-state index in [-0.39, 0.29) is 6.61 Å². The number of hydrogen-bond acceptors (Lipinski definition) is 4. The Hall–Kier alpha value is -1.91. The first-order valence-electron chi connectivity index (χ1n) is 5.08. The number of nitrogens with zero attached hydrogens (tertiary/aromatic N) is 1. The second-order valence-electron chi connectivity index (χ2n) is 3.78. The van der Waals surface area contributed by atoms with E-state index in [0.717, 1.165) is 24.7 Å². The van der Waals surface area contributed by atoms with Gasteiger partial charge in [-0.05, 0) is 30.4 Å². The molecule has 5 nitrogen and oxygen atoms in total. The molecule has 0 unspecified atom stereocenters. The average Bonchev–Trinajstić information content (AvgIpc) is 3.09. The summed E-state index contributed by atoms with van der Waals surface area (Å²) in [6.07, 6.45) is 2.11. The third-order valence-corrected chi connectivity index (χ3v) is 2.51. The highest BCUT2D eigenvalue weighted by Crippen LogP contribution is 2.40. The molecule has 1 saturated carbocycles. The monoisotopic (exact) mass is 220 g/mol. The van der Waals surface area contributed by atoms with Crippen molar-refractivity contribution in [1.29, 1.82) is 0 Å². The van der Waals surface area contributed by atoms with Crippen LogP contribution >= 0.6 is 0 Å². The number of carbonyl (C=O) groups excluding carboxylic acids is 2. The summed E-state index contributed by atoms with van der Waals surface area (Å²) >= 11 is 0. The summed E-state index contributed by atoms with van der Waals surface area (Å²) in [5.41, 5.74) is 6.80. The fraction of sp³-hybridized carbons (Fsp3) is 0.364. The van der Waals surface area contributed by atoms with Crippen molar-refractivity contribution in [2.45, 2.75) is 25.4 Å². The highest BCUT2D eigenvalue weighted by Gasteiger charge is 2.26. The summed E-state index contributed by atoms with van der Waals surface area (Å²) < 4.78 is 4.60. The van der Waals surface area contributed by atoms with Gasteiger partial charge in [0.25, 0.3) is 0 Å². The van der Waals surface area contributed by atoms with Crippen molar-refractivity contribution < 1.29 is 14.3 Å². The van der Waals surface area contributed by atoms with Gasteiger partial charge < -0.3 is 10.5 Å². The number of amides is 1. The maximum absolute atomic E-state index is 10.9. The average molecular weight is 220 g/mol. The minimum Gasteiger partial charge on any atom is -0.443 e. The van der Waals surface area contributed by atoms with Crippen molar-refractivity contribution in [3.8, 4) is 0 Å². The standard InChI is InChI=1S/C11H12N2O3/c12-11(15)16-6-8-3-4-9(7-1-2-7)10(5-14)13-8/h3-5,7H,1-2,6H2,(H2,12,15). The zero-order valence-electron chi connectivity index (χ0n) is 8.68. The van der Waals surface area contributed by atoms with Gasteiger partial charge in [0.05, 0.1) is 5.69 Å². The number of aromatic nitrogens is 1. The zero-order valence-corrected chi connectivity index (χ0v) is 8.68. The van der Waals surface area contributed by atoms with Crippen LogP contribution in [-0.4, -0.2) is 17.4 Å². The van der Waals surface area contributed by atoms with Gasteiger partial charge in [-0.25, -0.2) is 9.78 Å². The lowest BCUT2D eigenvalue weighted by molar-refractivity contribution is 0.111. The lowest BCUT2D eigenvalue weighted by Gasteiger charge is -2.05. The largest absolute Gasteiger partial charge is 0.443 e. The van der Waals surface area contributed by atoms with Crippen LogP contribution in [-0.2, 0) is 11.3 Å². The Morgan fingerprint density at radius 3 is 2.88 bits per heavy atom. The first kappa shape index (κ1) is 10.6. The Bertz CT molecular complexity index is 427. The molecule has 1 heterocycles. The molecule has 1 aromatic heterocycles. The van der Waals surface area contributed by atoms with Crippen molar-refractivity contribution >= 4 is 12.4 Å². The molecule has 0 aromatic carbocycles. The maximum atomic E-state index is 10.9. The van der Waals surface area contributed by atoms with E-state index in [1.165, 1.54) is 0 Å². The third-order valence-electron chi connectivity index (χ3n) is 2.51. The smallest absolute Gasteiger partial charge is 0.404 e. The van der Waals surface area contributed by atoms with E-state index in [2.05, 4.69) is 9.72 Å². The number of hydrogen-bond donors (Lipinski definition) is 1. The summed E-state index contributed by atoms with van der Waals surface area (Å²) in [5, 5.41) is 0. The number of aldehydes is 1. The Kier molecular flexibility index (Phi) is 2.85. The molecule has 5 heteroatoms.